The topological polar surface area (TPSA) is 85.6 Å². The lowest BCUT2D eigenvalue weighted by Gasteiger charge is -2.30. The number of hydrogen-bond donors (Lipinski definition) is 0. The minimum Gasteiger partial charge on any atom is -0.530 e. The maximum Gasteiger partial charge on any atom is 0.231 e. The monoisotopic (exact) mass is 243 g/mol. The number of nitriles is 1. The summed E-state index contributed by atoms with van der Waals surface area (Å²) < 4.78 is 10.4. The van der Waals surface area contributed by atoms with Gasteiger partial charge in [-0.2, -0.15) is 5.26 Å². The van der Waals surface area contributed by atoms with Crippen LogP contribution in [0.3, 0.4) is 0 Å². The molecule has 1 amide bonds. The summed E-state index contributed by atoms with van der Waals surface area (Å²) in [5, 5.41) is 20.0. The molecule has 0 aromatic heterocycles. The molecule has 0 spiro atoms. The molecular weight excluding hydrogens is 236 g/mol. The Hall–Kier alpha value is -2.68. The SMILES string of the molecule is N#CC1c2cc3c(cc2C=CN1C(=O)[O-])OCO3. The molecule has 0 fully saturated rings. The van der Waals surface area contributed by atoms with Gasteiger partial charge in [-0.25, -0.2) is 0 Å². The third-order valence-corrected chi connectivity index (χ3v) is 2.90. The summed E-state index contributed by atoms with van der Waals surface area (Å²) in [6.07, 6.45) is 1.50. The van der Waals surface area contributed by atoms with Crippen LogP contribution in [0.15, 0.2) is 18.3 Å². The van der Waals surface area contributed by atoms with Crippen LogP contribution in [-0.4, -0.2) is 17.8 Å². The first-order valence-corrected chi connectivity index (χ1v) is 5.21. The number of carbonyl (C=O) groups is 1. The van der Waals surface area contributed by atoms with Gasteiger partial charge >= 0.3 is 0 Å². The largest absolute Gasteiger partial charge is 0.530 e. The van der Waals surface area contributed by atoms with Crippen molar-refractivity contribution in [3.05, 3.63) is 29.5 Å². The minimum absolute atomic E-state index is 0.128. The number of carboxylic acid groups (broad SMARTS) is 1. The van der Waals surface area contributed by atoms with Crippen LogP contribution < -0.4 is 14.6 Å². The molecule has 0 saturated carbocycles. The van der Waals surface area contributed by atoms with Crippen molar-refractivity contribution in [3.8, 4) is 17.6 Å². The Morgan fingerprint density at radius 3 is 2.83 bits per heavy atom. The van der Waals surface area contributed by atoms with Crippen LogP contribution in [0.2, 0.25) is 0 Å². The lowest BCUT2D eigenvalue weighted by atomic mass is 9.96. The van der Waals surface area contributed by atoms with Crippen LogP contribution in [0.4, 0.5) is 4.79 Å². The fourth-order valence-corrected chi connectivity index (χ4v) is 2.05. The van der Waals surface area contributed by atoms with Gasteiger partial charge in [0.25, 0.3) is 0 Å². The number of nitrogens with zero attached hydrogens (tertiary/aromatic N) is 2. The zero-order chi connectivity index (χ0) is 12.7. The molecule has 1 aromatic rings. The maximum atomic E-state index is 10.9. The number of benzene rings is 1. The van der Waals surface area contributed by atoms with E-state index in [1.807, 2.05) is 6.07 Å². The highest BCUT2D eigenvalue weighted by molar-refractivity contribution is 5.73. The molecule has 3 rings (SSSR count). The summed E-state index contributed by atoms with van der Waals surface area (Å²) in [6.45, 7) is 0.128. The fraction of sp³-hybridized carbons (Fsp3) is 0.167. The lowest BCUT2D eigenvalue weighted by Crippen LogP contribution is -2.40. The van der Waals surface area contributed by atoms with Crippen LogP contribution in [0.1, 0.15) is 17.2 Å². The van der Waals surface area contributed by atoms with Crippen molar-refractivity contribution in [3.63, 3.8) is 0 Å². The Kier molecular flexibility index (Phi) is 2.13. The predicted molar refractivity (Wildman–Crippen MR) is 57.2 cm³/mol. The van der Waals surface area contributed by atoms with Crippen molar-refractivity contribution >= 4 is 12.2 Å². The van der Waals surface area contributed by atoms with Gasteiger partial charge in [0.1, 0.15) is 12.1 Å². The van der Waals surface area contributed by atoms with E-state index in [-0.39, 0.29) is 6.79 Å². The van der Waals surface area contributed by atoms with Crippen molar-refractivity contribution in [2.24, 2.45) is 0 Å². The second-order valence-electron chi connectivity index (χ2n) is 3.85. The van der Waals surface area contributed by atoms with Gasteiger partial charge in [0.05, 0.1) is 6.07 Å². The van der Waals surface area contributed by atoms with E-state index in [9.17, 15) is 9.90 Å². The number of ether oxygens (including phenoxy) is 2. The van der Waals surface area contributed by atoms with Gasteiger partial charge in [-0.05, 0) is 23.8 Å². The van der Waals surface area contributed by atoms with Crippen molar-refractivity contribution in [2.75, 3.05) is 6.79 Å². The van der Waals surface area contributed by atoms with E-state index in [0.29, 0.717) is 17.1 Å². The van der Waals surface area contributed by atoms with Gasteiger partial charge in [0.2, 0.25) is 6.79 Å². The predicted octanol–water partition coefficient (Wildman–Crippen LogP) is 0.610. The molecule has 2 aliphatic rings. The van der Waals surface area contributed by atoms with Crippen LogP contribution in [0, 0.1) is 11.3 Å². The van der Waals surface area contributed by atoms with Gasteiger partial charge in [-0.1, -0.05) is 0 Å². The molecule has 1 aromatic carbocycles. The van der Waals surface area contributed by atoms with E-state index in [2.05, 4.69) is 0 Å². The van der Waals surface area contributed by atoms with Crippen molar-refractivity contribution < 1.29 is 19.4 Å². The van der Waals surface area contributed by atoms with E-state index in [0.717, 1.165) is 10.5 Å². The highest BCUT2D eigenvalue weighted by Crippen LogP contribution is 2.40. The van der Waals surface area contributed by atoms with Crippen molar-refractivity contribution in [1.82, 2.24) is 4.90 Å². The molecule has 6 nitrogen and oxygen atoms in total. The van der Waals surface area contributed by atoms with Gasteiger partial charge in [0, 0.05) is 11.8 Å². The van der Waals surface area contributed by atoms with E-state index in [4.69, 9.17) is 14.7 Å². The van der Waals surface area contributed by atoms with Gasteiger partial charge in [-0.3, -0.25) is 0 Å². The summed E-state index contributed by atoms with van der Waals surface area (Å²) >= 11 is 0. The smallest absolute Gasteiger partial charge is 0.231 e. The first-order chi connectivity index (χ1) is 8.70. The molecule has 0 N–H and O–H groups in total. The first-order valence-electron chi connectivity index (χ1n) is 5.21. The molecule has 1 unspecified atom stereocenters. The minimum atomic E-state index is -1.42. The number of hydrogen-bond acceptors (Lipinski definition) is 5. The summed E-state index contributed by atoms with van der Waals surface area (Å²) in [4.78, 5) is 11.8. The highest BCUT2D eigenvalue weighted by Gasteiger charge is 2.27. The molecule has 0 aliphatic carbocycles. The van der Waals surface area contributed by atoms with Crippen LogP contribution in [0.5, 0.6) is 11.5 Å². The molecule has 0 bridgehead atoms. The fourth-order valence-electron chi connectivity index (χ4n) is 2.05. The first kappa shape index (κ1) is 10.5. The Bertz CT molecular complexity index is 603. The molecule has 90 valence electrons. The number of amides is 1. The van der Waals surface area contributed by atoms with Crippen molar-refractivity contribution in [2.45, 2.75) is 6.04 Å². The third kappa shape index (κ3) is 1.38. The number of rotatable bonds is 0. The Morgan fingerprint density at radius 2 is 2.17 bits per heavy atom. The van der Waals surface area contributed by atoms with Crippen LogP contribution >= 0.6 is 0 Å². The summed E-state index contributed by atoms with van der Waals surface area (Å²) in [5.74, 6) is 1.11. The van der Waals surface area contributed by atoms with Gasteiger partial charge in [0.15, 0.2) is 11.5 Å². The molecular formula is C12H7N2O4-. The molecule has 0 radical (unpaired) electrons. The molecule has 2 heterocycles. The second kappa shape index (κ2) is 3.67. The average Bonchev–Trinajstić information content (AvgIpc) is 2.81. The summed E-state index contributed by atoms with van der Waals surface area (Å²) in [7, 11) is 0. The average molecular weight is 243 g/mol. The Morgan fingerprint density at radius 1 is 1.44 bits per heavy atom. The van der Waals surface area contributed by atoms with E-state index in [1.165, 1.54) is 6.20 Å². The zero-order valence-electron chi connectivity index (χ0n) is 9.12. The molecule has 2 aliphatic heterocycles. The zero-order valence-corrected chi connectivity index (χ0v) is 9.12. The molecule has 18 heavy (non-hydrogen) atoms. The highest BCUT2D eigenvalue weighted by atomic mass is 16.7. The van der Waals surface area contributed by atoms with E-state index < -0.39 is 12.1 Å². The van der Waals surface area contributed by atoms with E-state index in [1.54, 1.807) is 18.2 Å². The molecule has 0 saturated heterocycles. The molecule has 1 atom stereocenters. The van der Waals surface area contributed by atoms with Gasteiger partial charge in [-0.15, -0.1) is 0 Å². The Labute approximate surface area is 102 Å². The lowest BCUT2D eigenvalue weighted by molar-refractivity contribution is -0.263. The van der Waals surface area contributed by atoms with Crippen LogP contribution in [-0.2, 0) is 0 Å². The molecule has 6 heteroatoms. The van der Waals surface area contributed by atoms with Crippen LogP contribution in [0.25, 0.3) is 6.08 Å². The summed E-state index contributed by atoms with van der Waals surface area (Å²) in [6, 6.07) is 4.37. The number of fused-ring (bicyclic) bond motifs is 2. The van der Waals surface area contributed by atoms with Gasteiger partial charge < -0.3 is 24.3 Å². The van der Waals surface area contributed by atoms with Crippen molar-refractivity contribution in [1.29, 1.82) is 5.26 Å². The standard InChI is InChI=1S/C12H8N2O4/c13-5-9-8-4-11-10(17-6-18-11)3-7(8)1-2-14(9)12(15)16/h1-4,9H,6H2,(H,15,16)/p-1. The maximum absolute atomic E-state index is 10.9. The Balaban J connectivity index is 2.13. The number of carbonyl (C=O) groups excluding carboxylic acids is 1. The third-order valence-electron chi connectivity index (χ3n) is 2.90. The second-order valence-corrected chi connectivity index (χ2v) is 3.85. The van der Waals surface area contributed by atoms with E-state index >= 15 is 0 Å². The summed E-state index contributed by atoms with van der Waals surface area (Å²) in [5.41, 5.74) is 1.30. The normalized spacial score (nSPS) is 19.3. The quantitative estimate of drug-likeness (QED) is 0.666.